The molecule has 3 rings (SSSR count). The summed E-state index contributed by atoms with van der Waals surface area (Å²) in [4.78, 5) is 4.61. The van der Waals surface area contributed by atoms with Crippen molar-refractivity contribution < 1.29 is 0 Å². The van der Waals surface area contributed by atoms with Gasteiger partial charge in [0.25, 0.3) is 0 Å². The van der Waals surface area contributed by atoms with Gasteiger partial charge in [-0.1, -0.05) is 18.2 Å². The normalized spacial score (nSPS) is 12.7. The average Bonchev–Trinajstić information content (AvgIpc) is 2.95. The van der Waals surface area contributed by atoms with Gasteiger partial charge in [0.1, 0.15) is 0 Å². The van der Waals surface area contributed by atoms with Crippen molar-refractivity contribution in [2.24, 2.45) is 0 Å². The average molecular weight is 279 g/mol. The Bertz CT molecular complexity index is 758. The molecule has 3 heteroatoms. The second kappa shape index (κ2) is 5.70. The fourth-order valence-corrected chi connectivity index (χ4v) is 2.70. The smallest absolute Gasteiger partial charge is 0.0708 e. The second-order valence-corrected chi connectivity index (χ2v) is 5.57. The van der Waals surface area contributed by atoms with Crippen LogP contribution < -0.4 is 5.32 Å². The molecule has 1 unspecified atom stereocenters. The van der Waals surface area contributed by atoms with Crippen molar-refractivity contribution in [3.05, 3.63) is 65.6 Å². The van der Waals surface area contributed by atoms with Crippen molar-refractivity contribution in [2.45, 2.75) is 26.4 Å². The van der Waals surface area contributed by atoms with Crippen LogP contribution in [0.3, 0.4) is 0 Å². The maximum absolute atomic E-state index is 4.61. The number of hydrogen-bond acceptors (Lipinski definition) is 2. The van der Waals surface area contributed by atoms with Gasteiger partial charge in [0, 0.05) is 36.1 Å². The van der Waals surface area contributed by atoms with Gasteiger partial charge in [-0.2, -0.15) is 0 Å². The Morgan fingerprint density at radius 3 is 2.86 bits per heavy atom. The highest BCUT2D eigenvalue weighted by Crippen LogP contribution is 2.20. The molecule has 1 aromatic carbocycles. The lowest BCUT2D eigenvalue weighted by Gasteiger charge is -2.10. The van der Waals surface area contributed by atoms with Gasteiger partial charge < -0.3 is 9.88 Å². The molecule has 0 amide bonds. The summed E-state index contributed by atoms with van der Waals surface area (Å²) in [6.07, 6.45) is 4.36. The van der Waals surface area contributed by atoms with E-state index in [0.717, 1.165) is 17.8 Å². The molecule has 0 radical (unpaired) electrons. The topological polar surface area (TPSA) is 29.9 Å². The van der Waals surface area contributed by atoms with Gasteiger partial charge in [0.2, 0.25) is 0 Å². The van der Waals surface area contributed by atoms with Gasteiger partial charge in [0.05, 0.1) is 5.52 Å². The third-order valence-electron chi connectivity index (χ3n) is 3.99. The molecule has 21 heavy (non-hydrogen) atoms. The van der Waals surface area contributed by atoms with E-state index >= 15 is 0 Å². The number of nitrogens with one attached hydrogen (secondary N) is 1. The van der Waals surface area contributed by atoms with Crippen LogP contribution >= 0.6 is 0 Å². The van der Waals surface area contributed by atoms with Crippen molar-refractivity contribution in [1.82, 2.24) is 14.9 Å². The van der Waals surface area contributed by atoms with Gasteiger partial charge in [-0.3, -0.25) is 4.98 Å². The van der Waals surface area contributed by atoms with Crippen molar-refractivity contribution in [3.8, 4) is 0 Å². The number of benzene rings is 1. The Kier molecular flexibility index (Phi) is 3.76. The third-order valence-corrected chi connectivity index (χ3v) is 3.99. The molecule has 0 spiro atoms. The zero-order chi connectivity index (χ0) is 14.8. The molecule has 1 N–H and O–H groups in total. The van der Waals surface area contributed by atoms with Crippen LogP contribution in [0.4, 0.5) is 0 Å². The molecule has 3 nitrogen and oxygen atoms in total. The van der Waals surface area contributed by atoms with Crippen molar-refractivity contribution in [1.29, 1.82) is 0 Å². The number of aromatic nitrogens is 2. The molecule has 0 aliphatic rings. The lowest BCUT2D eigenvalue weighted by molar-refractivity contribution is 0.649. The predicted octanol–water partition coefficient (Wildman–Crippen LogP) is 3.67. The molecule has 2 heterocycles. The summed E-state index contributed by atoms with van der Waals surface area (Å²) in [5, 5.41) is 4.51. The standard InChI is InChI=1S/C18H21N3/c1-13-10-16(17-6-4-5-7-18(17)20-13)12-21-9-8-15(11-21)14(2)19-3/h4-11,14,19H,12H2,1-3H3. The third kappa shape index (κ3) is 2.83. The number of pyridine rings is 1. The number of para-hydroxylation sites is 1. The van der Waals surface area contributed by atoms with E-state index in [1.54, 1.807) is 0 Å². The highest BCUT2D eigenvalue weighted by Gasteiger charge is 2.07. The molecule has 0 bridgehead atoms. The van der Waals surface area contributed by atoms with Crippen molar-refractivity contribution >= 4 is 10.9 Å². The SMILES string of the molecule is CNC(C)c1ccn(Cc2cc(C)nc3ccccc23)c1. The van der Waals surface area contributed by atoms with E-state index < -0.39 is 0 Å². The molecule has 0 aliphatic carbocycles. The summed E-state index contributed by atoms with van der Waals surface area (Å²) in [5.74, 6) is 0. The van der Waals surface area contributed by atoms with Crippen LogP contribution in [0.25, 0.3) is 10.9 Å². The summed E-state index contributed by atoms with van der Waals surface area (Å²) >= 11 is 0. The molecule has 3 aromatic rings. The summed E-state index contributed by atoms with van der Waals surface area (Å²) in [7, 11) is 1.99. The number of nitrogens with zero attached hydrogens (tertiary/aromatic N) is 2. The number of aryl methyl sites for hydroxylation is 1. The first-order valence-electron chi connectivity index (χ1n) is 7.35. The van der Waals surface area contributed by atoms with E-state index in [9.17, 15) is 0 Å². The van der Waals surface area contributed by atoms with Crippen molar-refractivity contribution in [3.63, 3.8) is 0 Å². The lowest BCUT2D eigenvalue weighted by atomic mass is 10.1. The van der Waals surface area contributed by atoms with E-state index in [1.165, 1.54) is 16.5 Å². The Morgan fingerprint density at radius 1 is 1.24 bits per heavy atom. The maximum Gasteiger partial charge on any atom is 0.0708 e. The minimum Gasteiger partial charge on any atom is -0.350 e. The zero-order valence-corrected chi connectivity index (χ0v) is 12.8. The van der Waals surface area contributed by atoms with Gasteiger partial charge in [0.15, 0.2) is 0 Å². The lowest BCUT2D eigenvalue weighted by Crippen LogP contribution is -2.11. The van der Waals surface area contributed by atoms with Gasteiger partial charge in [-0.15, -0.1) is 0 Å². The minimum absolute atomic E-state index is 0.377. The molecule has 0 saturated carbocycles. The van der Waals surface area contributed by atoms with E-state index in [0.29, 0.717) is 6.04 Å². The first-order valence-corrected chi connectivity index (χ1v) is 7.35. The highest BCUT2D eigenvalue weighted by atomic mass is 14.9. The molecular formula is C18H21N3. The molecule has 0 aliphatic heterocycles. The quantitative estimate of drug-likeness (QED) is 0.789. The number of hydrogen-bond donors (Lipinski definition) is 1. The van der Waals surface area contributed by atoms with E-state index in [2.05, 4.69) is 71.4 Å². The zero-order valence-electron chi connectivity index (χ0n) is 12.8. The molecule has 0 fully saturated rings. The number of rotatable bonds is 4. The Labute approximate surface area is 125 Å². The molecule has 2 aromatic heterocycles. The fourth-order valence-electron chi connectivity index (χ4n) is 2.70. The highest BCUT2D eigenvalue weighted by molar-refractivity contribution is 5.82. The Hall–Kier alpha value is -2.13. The van der Waals surface area contributed by atoms with Crippen LogP contribution in [0, 0.1) is 6.92 Å². The van der Waals surface area contributed by atoms with Crippen LogP contribution in [0.15, 0.2) is 48.8 Å². The molecular weight excluding hydrogens is 258 g/mol. The van der Waals surface area contributed by atoms with Crippen LogP contribution in [-0.4, -0.2) is 16.6 Å². The van der Waals surface area contributed by atoms with E-state index in [1.807, 2.05) is 13.1 Å². The number of fused-ring (bicyclic) bond motifs is 1. The fraction of sp³-hybridized carbons (Fsp3) is 0.278. The van der Waals surface area contributed by atoms with Crippen LogP contribution in [0.5, 0.6) is 0 Å². The van der Waals surface area contributed by atoms with Crippen molar-refractivity contribution in [2.75, 3.05) is 7.05 Å². The monoisotopic (exact) mass is 279 g/mol. The summed E-state index contributed by atoms with van der Waals surface area (Å²) in [6, 6.07) is 13.1. The first kappa shape index (κ1) is 13.8. The van der Waals surface area contributed by atoms with E-state index in [-0.39, 0.29) is 0 Å². The van der Waals surface area contributed by atoms with Crippen LogP contribution in [0.2, 0.25) is 0 Å². The molecule has 1 atom stereocenters. The summed E-state index contributed by atoms with van der Waals surface area (Å²) in [6.45, 7) is 5.10. The molecule has 108 valence electrons. The maximum atomic E-state index is 4.61. The van der Waals surface area contributed by atoms with Crippen LogP contribution in [0.1, 0.15) is 29.8 Å². The Balaban J connectivity index is 1.96. The first-order chi connectivity index (χ1) is 10.2. The Morgan fingerprint density at radius 2 is 2.05 bits per heavy atom. The van der Waals surface area contributed by atoms with Gasteiger partial charge >= 0.3 is 0 Å². The second-order valence-electron chi connectivity index (χ2n) is 5.57. The predicted molar refractivity (Wildman–Crippen MR) is 87.5 cm³/mol. The van der Waals surface area contributed by atoms with Gasteiger partial charge in [-0.05, 0) is 50.2 Å². The largest absolute Gasteiger partial charge is 0.350 e. The molecule has 0 saturated heterocycles. The van der Waals surface area contributed by atoms with E-state index in [4.69, 9.17) is 0 Å². The van der Waals surface area contributed by atoms with Gasteiger partial charge in [-0.25, -0.2) is 0 Å². The summed E-state index contributed by atoms with van der Waals surface area (Å²) < 4.78 is 2.24. The minimum atomic E-state index is 0.377. The summed E-state index contributed by atoms with van der Waals surface area (Å²) in [5.41, 5.74) is 4.77. The van der Waals surface area contributed by atoms with Crippen LogP contribution in [-0.2, 0) is 6.54 Å².